The second-order valence-electron chi connectivity index (χ2n) is 5.51. The molecule has 1 aromatic heterocycles. The van der Waals surface area contributed by atoms with Gasteiger partial charge in [0.25, 0.3) is 5.91 Å². The van der Waals surface area contributed by atoms with Crippen molar-refractivity contribution in [3.8, 4) is 0 Å². The molecular formula is C17H17BrN4O2. The van der Waals surface area contributed by atoms with Crippen LogP contribution in [0.2, 0.25) is 0 Å². The first kappa shape index (κ1) is 16.4. The molecule has 0 spiro atoms. The van der Waals surface area contributed by atoms with Crippen LogP contribution in [-0.2, 0) is 11.3 Å². The number of aromatic nitrogens is 1. The van der Waals surface area contributed by atoms with Gasteiger partial charge in [0.1, 0.15) is 0 Å². The van der Waals surface area contributed by atoms with Gasteiger partial charge in [-0.3, -0.25) is 14.6 Å². The molecule has 124 valence electrons. The number of pyridine rings is 1. The lowest BCUT2D eigenvalue weighted by molar-refractivity contribution is -0.120. The van der Waals surface area contributed by atoms with Gasteiger partial charge in [-0.05, 0) is 39.7 Å². The Hall–Kier alpha value is -2.41. The Labute approximate surface area is 148 Å². The average molecular weight is 389 g/mol. The number of benzene rings is 1. The Balaban J connectivity index is 1.58. The normalized spacial score (nSPS) is 14.2. The summed E-state index contributed by atoms with van der Waals surface area (Å²) >= 11 is 3.30. The van der Waals surface area contributed by atoms with Gasteiger partial charge >= 0.3 is 0 Å². The van der Waals surface area contributed by atoms with Crippen molar-refractivity contribution in [2.45, 2.75) is 6.54 Å². The van der Waals surface area contributed by atoms with Crippen molar-refractivity contribution in [1.29, 1.82) is 0 Å². The number of anilines is 1. The summed E-state index contributed by atoms with van der Waals surface area (Å²) in [5.74, 6) is -0.124. The number of carbonyl (C=O) groups excluding carboxylic acids is 2. The van der Waals surface area contributed by atoms with Crippen LogP contribution in [0.3, 0.4) is 0 Å². The third kappa shape index (κ3) is 4.11. The fraction of sp³-hybridized carbons (Fsp3) is 0.235. The quantitative estimate of drug-likeness (QED) is 0.835. The second-order valence-corrected chi connectivity index (χ2v) is 6.43. The third-order valence-electron chi connectivity index (χ3n) is 3.76. The first-order chi connectivity index (χ1) is 11.6. The third-order valence-corrected chi connectivity index (χ3v) is 4.19. The molecule has 1 aromatic carbocycles. The van der Waals surface area contributed by atoms with Crippen LogP contribution in [0, 0.1) is 0 Å². The van der Waals surface area contributed by atoms with E-state index in [1.165, 1.54) is 6.20 Å². The zero-order chi connectivity index (χ0) is 16.9. The van der Waals surface area contributed by atoms with Crippen molar-refractivity contribution in [2.24, 2.45) is 0 Å². The number of carbonyl (C=O) groups is 2. The molecule has 2 aromatic rings. The maximum Gasteiger partial charge on any atom is 0.253 e. The van der Waals surface area contributed by atoms with E-state index < -0.39 is 0 Å². The van der Waals surface area contributed by atoms with Gasteiger partial charge in [-0.25, -0.2) is 0 Å². The molecule has 1 fully saturated rings. The second kappa shape index (κ2) is 7.44. The minimum atomic E-state index is -0.166. The van der Waals surface area contributed by atoms with E-state index in [0.717, 1.165) is 22.3 Å². The molecule has 0 radical (unpaired) electrons. The first-order valence-electron chi connectivity index (χ1n) is 7.61. The molecule has 1 saturated heterocycles. The topological polar surface area (TPSA) is 74.3 Å². The maximum absolute atomic E-state index is 12.1. The number of piperazine rings is 1. The summed E-state index contributed by atoms with van der Waals surface area (Å²) in [6.07, 6.45) is 3.17. The number of nitrogens with zero attached hydrogens (tertiary/aromatic N) is 2. The number of halogens is 1. The van der Waals surface area contributed by atoms with Gasteiger partial charge < -0.3 is 15.5 Å². The molecule has 0 aliphatic carbocycles. The monoisotopic (exact) mass is 388 g/mol. The summed E-state index contributed by atoms with van der Waals surface area (Å²) in [5, 5.41) is 5.68. The summed E-state index contributed by atoms with van der Waals surface area (Å²) in [4.78, 5) is 29.6. The number of rotatable bonds is 4. The van der Waals surface area contributed by atoms with Crippen molar-refractivity contribution in [3.63, 3.8) is 0 Å². The Morgan fingerprint density at radius 1 is 1.29 bits per heavy atom. The molecule has 2 N–H and O–H groups in total. The first-order valence-corrected chi connectivity index (χ1v) is 8.40. The number of nitrogens with one attached hydrogen (secondary N) is 2. The highest BCUT2D eigenvalue weighted by Gasteiger charge is 2.16. The summed E-state index contributed by atoms with van der Waals surface area (Å²) in [6, 6.07) is 9.59. The van der Waals surface area contributed by atoms with Gasteiger partial charge in [0.05, 0.1) is 12.1 Å². The van der Waals surface area contributed by atoms with E-state index in [0.29, 0.717) is 25.2 Å². The van der Waals surface area contributed by atoms with Crippen LogP contribution >= 0.6 is 15.9 Å². The summed E-state index contributed by atoms with van der Waals surface area (Å²) < 4.78 is 0.769. The van der Waals surface area contributed by atoms with Crippen molar-refractivity contribution in [3.05, 3.63) is 58.3 Å². The highest BCUT2D eigenvalue weighted by molar-refractivity contribution is 9.10. The summed E-state index contributed by atoms with van der Waals surface area (Å²) in [7, 11) is 0. The van der Waals surface area contributed by atoms with E-state index >= 15 is 0 Å². The van der Waals surface area contributed by atoms with Gasteiger partial charge in [0.2, 0.25) is 5.91 Å². The van der Waals surface area contributed by atoms with E-state index in [1.807, 2.05) is 29.2 Å². The van der Waals surface area contributed by atoms with Crippen LogP contribution in [0.15, 0.2) is 47.2 Å². The number of hydrogen-bond donors (Lipinski definition) is 2. The standard InChI is InChI=1S/C17H17BrN4O2/c18-14-7-13(9-19-10-14)17(24)21-8-12-1-3-15(4-2-12)22-6-5-20-16(23)11-22/h1-4,7,9-10H,5-6,8,11H2,(H,20,23)(H,21,24). The molecule has 24 heavy (non-hydrogen) atoms. The highest BCUT2D eigenvalue weighted by atomic mass is 79.9. The van der Waals surface area contributed by atoms with E-state index in [2.05, 4.69) is 31.5 Å². The van der Waals surface area contributed by atoms with Crippen molar-refractivity contribution < 1.29 is 9.59 Å². The number of amides is 2. The number of hydrogen-bond acceptors (Lipinski definition) is 4. The lowest BCUT2D eigenvalue weighted by atomic mass is 10.1. The van der Waals surface area contributed by atoms with E-state index in [9.17, 15) is 9.59 Å². The fourth-order valence-corrected chi connectivity index (χ4v) is 2.87. The molecule has 3 rings (SSSR count). The Morgan fingerprint density at radius 2 is 2.08 bits per heavy atom. The zero-order valence-corrected chi connectivity index (χ0v) is 14.5. The largest absolute Gasteiger partial charge is 0.360 e. The van der Waals surface area contributed by atoms with Crippen molar-refractivity contribution >= 4 is 33.4 Å². The molecule has 2 heterocycles. The summed E-state index contributed by atoms with van der Waals surface area (Å²) in [6.45, 7) is 2.28. The minimum Gasteiger partial charge on any atom is -0.360 e. The Morgan fingerprint density at radius 3 is 2.79 bits per heavy atom. The molecule has 0 saturated carbocycles. The molecule has 1 aliphatic heterocycles. The fourth-order valence-electron chi connectivity index (χ4n) is 2.50. The van der Waals surface area contributed by atoms with Crippen LogP contribution in [0.4, 0.5) is 5.69 Å². The molecule has 1 aliphatic rings. The smallest absolute Gasteiger partial charge is 0.253 e. The van der Waals surface area contributed by atoms with Gasteiger partial charge in [-0.1, -0.05) is 12.1 Å². The average Bonchev–Trinajstić information content (AvgIpc) is 2.60. The molecular weight excluding hydrogens is 372 g/mol. The van der Waals surface area contributed by atoms with Gasteiger partial charge in [0, 0.05) is 42.2 Å². The van der Waals surface area contributed by atoms with Crippen LogP contribution < -0.4 is 15.5 Å². The van der Waals surface area contributed by atoms with E-state index in [-0.39, 0.29) is 11.8 Å². The molecule has 0 atom stereocenters. The van der Waals surface area contributed by atoms with E-state index in [4.69, 9.17) is 0 Å². The maximum atomic E-state index is 12.1. The Kier molecular flexibility index (Phi) is 5.10. The summed E-state index contributed by atoms with van der Waals surface area (Å²) in [5.41, 5.74) is 2.52. The van der Waals surface area contributed by atoms with Crippen LogP contribution in [0.1, 0.15) is 15.9 Å². The molecule has 0 unspecified atom stereocenters. The Bertz CT molecular complexity index is 749. The highest BCUT2D eigenvalue weighted by Crippen LogP contribution is 2.16. The van der Waals surface area contributed by atoms with Gasteiger partial charge in [-0.2, -0.15) is 0 Å². The van der Waals surface area contributed by atoms with E-state index in [1.54, 1.807) is 12.3 Å². The lowest BCUT2D eigenvalue weighted by Gasteiger charge is -2.28. The predicted molar refractivity (Wildman–Crippen MR) is 94.8 cm³/mol. The molecule has 2 amide bonds. The lowest BCUT2D eigenvalue weighted by Crippen LogP contribution is -2.47. The van der Waals surface area contributed by atoms with Crippen molar-refractivity contribution in [2.75, 3.05) is 24.5 Å². The zero-order valence-electron chi connectivity index (χ0n) is 13.0. The molecule has 0 bridgehead atoms. The SMILES string of the molecule is O=C1CN(c2ccc(CNC(=O)c3cncc(Br)c3)cc2)CCN1. The van der Waals surface area contributed by atoms with Crippen LogP contribution in [-0.4, -0.2) is 36.4 Å². The minimum absolute atomic E-state index is 0.0419. The van der Waals surface area contributed by atoms with Crippen molar-refractivity contribution in [1.82, 2.24) is 15.6 Å². The van der Waals surface area contributed by atoms with Gasteiger partial charge in [-0.15, -0.1) is 0 Å². The van der Waals surface area contributed by atoms with Gasteiger partial charge in [0.15, 0.2) is 0 Å². The molecule has 7 heteroatoms. The molecule has 6 nitrogen and oxygen atoms in total. The van der Waals surface area contributed by atoms with Crippen LogP contribution in [0.5, 0.6) is 0 Å². The predicted octanol–water partition coefficient (Wildman–Crippen LogP) is 1.71. The van der Waals surface area contributed by atoms with Crippen LogP contribution in [0.25, 0.3) is 0 Å².